The smallest absolute Gasteiger partial charge is 0.293 e. The number of hydrogen-bond donors (Lipinski definition) is 2. The van der Waals surface area contributed by atoms with E-state index in [0.29, 0.717) is 13.0 Å². The summed E-state index contributed by atoms with van der Waals surface area (Å²) >= 11 is 0. The standard InChI is InChI=1S/C13H23N3O3/c1-10(2)16-7-6-14-11(12(16)17)15-9-13(3,18)5-8-19-4/h6-7,10,18H,5,8-9H2,1-4H3,(H,14,15). The first-order chi connectivity index (χ1) is 8.87. The quantitative estimate of drug-likeness (QED) is 0.773. The molecule has 0 fully saturated rings. The molecule has 1 heterocycles. The van der Waals surface area contributed by atoms with Crippen molar-refractivity contribution in [3.63, 3.8) is 0 Å². The van der Waals surface area contributed by atoms with E-state index in [1.54, 1.807) is 31.0 Å². The number of hydrogen-bond acceptors (Lipinski definition) is 5. The van der Waals surface area contributed by atoms with Crippen LogP contribution in [0.25, 0.3) is 0 Å². The zero-order chi connectivity index (χ0) is 14.5. The van der Waals surface area contributed by atoms with Crippen LogP contribution in [0.4, 0.5) is 5.82 Å². The number of ether oxygens (including phenoxy) is 1. The van der Waals surface area contributed by atoms with Gasteiger partial charge in [-0.05, 0) is 20.8 Å². The van der Waals surface area contributed by atoms with Crippen LogP contribution >= 0.6 is 0 Å². The number of aromatic nitrogens is 2. The Morgan fingerprint density at radius 1 is 1.58 bits per heavy atom. The Balaban J connectivity index is 2.73. The van der Waals surface area contributed by atoms with Gasteiger partial charge in [-0.1, -0.05) is 0 Å². The Kier molecular flexibility index (Phi) is 5.50. The predicted molar refractivity (Wildman–Crippen MR) is 74.5 cm³/mol. The van der Waals surface area contributed by atoms with Crippen LogP contribution in [0.1, 0.15) is 33.2 Å². The molecule has 0 aromatic carbocycles. The van der Waals surface area contributed by atoms with Gasteiger partial charge in [0.25, 0.3) is 5.56 Å². The Morgan fingerprint density at radius 2 is 2.26 bits per heavy atom. The van der Waals surface area contributed by atoms with Gasteiger partial charge in [-0.2, -0.15) is 0 Å². The average molecular weight is 269 g/mol. The molecule has 1 rings (SSSR count). The molecule has 0 spiro atoms. The molecule has 1 aromatic heterocycles. The lowest BCUT2D eigenvalue weighted by atomic mass is 10.0. The minimum absolute atomic E-state index is 0.0741. The topological polar surface area (TPSA) is 76.4 Å². The SMILES string of the molecule is COCCC(C)(O)CNc1nccn(C(C)C)c1=O. The van der Waals surface area contributed by atoms with Gasteiger partial charge in [0, 0.05) is 45.1 Å². The maximum absolute atomic E-state index is 12.1. The van der Waals surface area contributed by atoms with Crippen molar-refractivity contribution in [2.24, 2.45) is 0 Å². The van der Waals surface area contributed by atoms with Crippen molar-refractivity contribution in [2.75, 3.05) is 25.6 Å². The van der Waals surface area contributed by atoms with Crippen molar-refractivity contribution in [3.8, 4) is 0 Å². The summed E-state index contributed by atoms with van der Waals surface area (Å²) in [6, 6.07) is 0.0741. The zero-order valence-electron chi connectivity index (χ0n) is 12.0. The Bertz CT molecular complexity index is 455. The predicted octanol–water partition coefficient (Wildman–Crippen LogP) is 1.02. The van der Waals surface area contributed by atoms with Gasteiger partial charge in [-0.3, -0.25) is 4.79 Å². The Morgan fingerprint density at radius 3 is 2.84 bits per heavy atom. The van der Waals surface area contributed by atoms with Crippen LogP contribution < -0.4 is 10.9 Å². The van der Waals surface area contributed by atoms with Crippen LogP contribution in [0.2, 0.25) is 0 Å². The van der Waals surface area contributed by atoms with E-state index in [2.05, 4.69) is 10.3 Å². The highest BCUT2D eigenvalue weighted by Gasteiger charge is 2.20. The van der Waals surface area contributed by atoms with Gasteiger partial charge < -0.3 is 19.7 Å². The van der Waals surface area contributed by atoms with Crippen LogP contribution in [-0.4, -0.2) is 40.5 Å². The van der Waals surface area contributed by atoms with E-state index in [-0.39, 0.29) is 24.0 Å². The van der Waals surface area contributed by atoms with Crippen molar-refractivity contribution >= 4 is 5.82 Å². The van der Waals surface area contributed by atoms with Crippen LogP contribution in [0.5, 0.6) is 0 Å². The minimum Gasteiger partial charge on any atom is -0.388 e. The summed E-state index contributed by atoms with van der Waals surface area (Å²) in [5, 5.41) is 13.0. The third kappa shape index (κ3) is 4.65. The Hall–Kier alpha value is -1.40. The molecular formula is C13H23N3O3. The van der Waals surface area contributed by atoms with Gasteiger partial charge >= 0.3 is 0 Å². The third-order valence-corrected chi connectivity index (χ3v) is 2.91. The molecule has 0 bridgehead atoms. The van der Waals surface area contributed by atoms with Crippen molar-refractivity contribution in [2.45, 2.75) is 38.8 Å². The number of aliphatic hydroxyl groups is 1. The molecule has 0 saturated carbocycles. The Labute approximate surface area is 113 Å². The van der Waals surface area contributed by atoms with E-state index in [9.17, 15) is 9.90 Å². The fourth-order valence-corrected chi connectivity index (χ4v) is 1.64. The monoisotopic (exact) mass is 269 g/mol. The number of anilines is 1. The largest absolute Gasteiger partial charge is 0.388 e. The van der Waals surface area contributed by atoms with Crippen LogP contribution in [0.3, 0.4) is 0 Å². The molecule has 1 aromatic rings. The fourth-order valence-electron chi connectivity index (χ4n) is 1.64. The third-order valence-electron chi connectivity index (χ3n) is 2.91. The lowest BCUT2D eigenvalue weighted by Crippen LogP contribution is -2.37. The highest BCUT2D eigenvalue weighted by molar-refractivity contribution is 5.31. The molecule has 0 aliphatic carbocycles. The molecule has 0 aliphatic rings. The molecule has 0 radical (unpaired) electrons. The second-order valence-electron chi connectivity index (χ2n) is 5.18. The molecule has 1 atom stereocenters. The van der Waals surface area contributed by atoms with Gasteiger partial charge in [0.2, 0.25) is 0 Å². The van der Waals surface area contributed by atoms with Gasteiger partial charge in [0.05, 0.1) is 5.60 Å². The van der Waals surface area contributed by atoms with E-state index in [1.807, 2.05) is 13.8 Å². The van der Waals surface area contributed by atoms with Crippen LogP contribution in [0.15, 0.2) is 17.2 Å². The van der Waals surface area contributed by atoms with Crippen molar-refractivity contribution in [3.05, 3.63) is 22.7 Å². The highest BCUT2D eigenvalue weighted by Crippen LogP contribution is 2.10. The van der Waals surface area contributed by atoms with E-state index in [1.165, 1.54) is 0 Å². The molecule has 19 heavy (non-hydrogen) atoms. The minimum atomic E-state index is -0.942. The maximum Gasteiger partial charge on any atom is 0.293 e. The van der Waals surface area contributed by atoms with Crippen molar-refractivity contribution in [1.82, 2.24) is 9.55 Å². The number of nitrogens with zero attached hydrogens (tertiary/aromatic N) is 2. The summed E-state index contributed by atoms with van der Waals surface area (Å²) in [5.41, 5.74) is -1.12. The van der Waals surface area contributed by atoms with Gasteiger partial charge in [-0.25, -0.2) is 4.98 Å². The van der Waals surface area contributed by atoms with Gasteiger partial charge in [-0.15, -0.1) is 0 Å². The summed E-state index contributed by atoms with van der Waals surface area (Å²) in [4.78, 5) is 16.1. The molecule has 108 valence electrons. The first kappa shape index (κ1) is 15.7. The lowest BCUT2D eigenvalue weighted by Gasteiger charge is -2.23. The molecule has 2 N–H and O–H groups in total. The first-order valence-electron chi connectivity index (χ1n) is 6.40. The number of methoxy groups -OCH3 is 1. The fraction of sp³-hybridized carbons (Fsp3) is 0.692. The molecule has 6 heteroatoms. The number of rotatable bonds is 7. The zero-order valence-corrected chi connectivity index (χ0v) is 12.0. The normalized spacial score (nSPS) is 14.4. The highest BCUT2D eigenvalue weighted by atomic mass is 16.5. The second kappa shape index (κ2) is 6.68. The molecule has 6 nitrogen and oxygen atoms in total. The molecule has 0 amide bonds. The summed E-state index contributed by atoms with van der Waals surface area (Å²) in [5.74, 6) is 0.258. The maximum atomic E-state index is 12.1. The molecule has 1 unspecified atom stereocenters. The summed E-state index contributed by atoms with van der Waals surface area (Å²) < 4.78 is 6.53. The van der Waals surface area contributed by atoms with E-state index >= 15 is 0 Å². The average Bonchev–Trinajstić information content (AvgIpc) is 2.35. The molecule has 0 saturated heterocycles. The van der Waals surface area contributed by atoms with E-state index in [0.717, 1.165) is 0 Å². The van der Waals surface area contributed by atoms with E-state index < -0.39 is 5.60 Å². The van der Waals surface area contributed by atoms with E-state index in [4.69, 9.17) is 4.74 Å². The number of nitrogens with one attached hydrogen (secondary N) is 1. The van der Waals surface area contributed by atoms with Crippen molar-refractivity contribution in [1.29, 1.82) is 0 Å². The van der Waals surface area contributed by atoms with Gasteiger partial charge in [0.1, 0.15) is 0 Å². The second-order valence-corrected chi connectivity index (χ2v) is 5.18. The summed E-state index contributed by atoms with van der Waals surface area (Å²) in [6.45, 7) is 6.27. The van der Waals surface area contributed by atoms with Crippen molar-refractivity contribution < 1.29 is 9.84 Å². The van der Waals surface area contributed by atoms with Crippen LogP contribution in [-0.2, 0) is 4.74 Å². The first-order valence-corrected chi connectivity index (χ1v) is 6.40. The van der Waals surface area contributed by atoms with Gasteiger partial charge in [0.15, 0.2) is 5.82 Å². The molecular weight excluding hydrogens is 246 g/mol. The summed E-state index contributed by atoms with van der Waals surface area (Å²) in [6.07, 6.45) is 3.72. The van der Waals surface area contributed by atoms with Crippen LogP contribution in [0, 0.1) is 0 Å². The lowest BCUT2D eigenvalue weighted by molar-refractivity contribution is 0.0356. The molecule has 0 aliphatic heterocycles. The summed E-state index contributed by atoms with van der Waals surface area (Å²) in [7, 11) is 1.59.